The average Bonchev–Trinajstić information content (AvgIpc) is 3.22. The molecule has 0 atom stereocenters. The highest BCUT2D eigenvalue weighted by Crippen LogP contribution is 2.30. The molecule has 0 fully saturated rings. The van der Waals surface area contributed by atoms with E-state index >= 15 is 0 Å². The number of nitriles is 1. The highest BCUT2D eigenvalue weighted by atomic mass is 32.2. The summed E-state index contributed by atoms with van der Waals surface area (Å²) in [6.45, 7) is 3.83. The van der Waals surface area contributed by atoms with Crippen LogP contribution in [0.1, 0.15) is 16.8 Å². The van der Waals surface area contributed by atoms with E-state index in [2.05, 4.69) is 21.6 Å². The van der Waals surface area contributed by atoms with Gasteiger partial charge in [0.15, 0.2) is 4.34 Å². The quantitative estimate of drug-likeness (QED) is 0.695. The van der Waals surface area contributed by atoms with E-state index in [-0.39, 0.29) is 11.7 Å². The molecule has 0 aliphatic heterocycles. The average molecular weight is 369 g/mol. The van der Waals surface area contributed by atoms with Crippen molar-refractivity contribution in [3.63, 3.8) is 0 Å². The van der Waals surface area contributed by atoms with Crippen molar-refractivity contribution in [2.75, 3.05) is 11.1 Å². The molecule has 0 saturated carbocycles. The molecule has 1 N–H and O–H groups in total. The van der Waals surface area contributed by atoms with Gasteiger partial charge in [0, 0.05) is 11.4 Å². The van der Waals surface area contributed by atoms with E-state index in [0.717, 1.165) is 21.3 Å². The summed E-state index contributed by atoms with van der Waals surface area (Å²) in [5.41, 5.74) is 4.79. The first-order valence-corrected chi connectivity index (χ1v) is 9.34. The molecule has 126 valence electrons. The molecule has 1 amide bonds. The number of anilines is 1. The topological polar surface area (TPSA) is 83.6 Å². The van der Waals surface area contributed by atoms with Crippen molar-refractivity contribution >= 4 is 34.8 Å². The van der Waals surface area contributed by atoms with Crippen molar-refractivity contribution in [3.05, 3.63) is 52.7 Å². The van der Waals surface area contributed by atoms with Crippen LogP contribution < -0.4 is 5.32 Å². The van der Waals surface area contributed by atoms with Crippen molar-refractivity contribution in [2.24, 2.45) is 0 Å². The summed E-state index contributed by atoms with van der Waals surface area (Å²) in [6.07, 6.45) is 0. The van der Waals surface area contributed by atoms with E-state index in [9.17, 15) is 10.1 Å². The minimum Gasteiger partial charge on any atom is -0.310 e. The van der Waals surface area contributed by atoms with Crippen LogP contribution in [0.25, 0.3) is 5.69 Å². The van der Waals surface area contributed by atoms with Gasteiger partial charge >= 0.3 is 0 Å². The fraction of sp³-hybridized carbons (Fsp3) is 0.176. The van der Waals surface area contributed by atoms with Crippen LogP contribution in [0, 0.1) is 25.2 Å². The van der Waals surface area contributed by atoms with Crippen molar-refractivity contribution in [2.45, 2.75) is 18.2 Å². The van der Waals surface area contributed by atoms with Gasteiger partial charge in [-0.3, -0.25) is 9.36 Å². The summed E-state index contributed by atoms with van der Waals surface area (Å²) in [5, 5.41) is 20.1. The monoisotopic (exact) mass is 369 g/mol. The van der Waals surface area contributed by atoms with Gasteiger partial charge in [-0.2, -0.15) is 5.26 Å². The zero-order valence-electron chi connectivity index (χ0n) is 13.7. The van der Waals surface area contributed by atoms with Gasteiger partial charge in [-0.05, 0) is 31.5 Å². The molecule has 2 aromatic heterocycles. The first-order chi connectivity index (χ1) is 12.1. The maximum Gasteiger partial charge on any atom is 0.235 e. The largest absolute Gasteiger partial charge is 0.310 e. The van der Waals surface area contributed by atoms with E-state index in [1.165, 1.54) is 23.1 Å². The molecule has 0 saturated heterocycles. The summed E-state index contributed by atoms with van der Waals surface area (Å²) in [6, 6.07) is 11.9. The standard InChI is InChI=1S/C17H15N5OS2/c1-11-12(2)22(13-6-4-3-5-7-13)16(14(11)8-18)20-15(23)9-24-17-21-19-10-25-17/h3-7,10H,9H2,1-2H3,(H,20,23). The Morgan fingerprint density at radius 3 is 2.76 bits per heavy atom. The number of carbonyl (C=O) groups is 1. The lowest BCUT2D eigenvalue weighted by atomic mass is 10.2. The Morgan fingerprint density at radius 2 is 2.12 bits per heavy atom. The van der Waals surface area contributed by atoms with Crippen molar-refractivity contribution in [1.29, 1.82) is 5.26 Å². The Labute approximate surface area is 153 Å². The maximum atomic E-state index is 12.4. The first-order valence-electron chi connectivity index (χ1n) is 7.48. The van der Waals surface area contributed by atoms with E-state index in [0.29, 0.717) is 11.4 Å². The third-order valence-corrected chi connectivity index (χ3v) is 5.62. The number of carbonyl (C=O) groups excluding carboxylic acids is 1. The molecule has 3 aromatic rings. The number of benzene rings is 1. The number of hydrogen-bond donors (Lipinski definition) is 1. The van der Waals surface area contributed by atoms with Crippen LogP contribution in [0.15, 0.2) is 40.2 Å². The molecule has 0 unspecified atom stereocenters. The van der Waals surface area contributed by atoms with Crippen LogP contribution in [0.3, 0.4) is 0 Å². The fourth-order valence-corrected chi connectivity index (χ4v) is 3.77. The van der Waals surface area contributed by atoms with Crippen LogP contribution in [0.4, 0.5) is 5.82 Å². The van der Waals surface area contributed by atoms with Gasteiger partial charge in [0.1, 0.15) is 17.4 Å². The third-order valence-electron chi connectivity index (χ3n) is 3.76. The number of thioether (sulfide) groups is 1. The van der Waals surface area contributed by atoms with Gasteiger partial charge in [0.2, 0.25) is 5.91 Å². The van der Waals surface area contributed by atoms with Gasteiger partial charge in [-0.15, -0.1) is 10.2 Å². The fourth-order valence-electron chi connectivity index (χ4n) is 2.48. The molecule has 0 aliphatic rings. The first kappa shape index (κ1) is 17.2. The maximum absolute atomic E-state index is 12.4. The molecule has 0 aliphatic carbocycles. The summed E-state index contributed by atoms with van der Waals surface area (Å²) >= 11 is 2.71. The smallest absolute Gasteiger partial charge is 0.235 e. The number of aromatic nitrogens is 3. The third kappa shape index (κ3) is 3.57. The number of amides is 1. The molecule has 0 spiro atoms. The van der Waals surface area contributed by atoms with Crippen LogP contribution in [-0.4, -0.2) is 26.4 Å². The van der Waals surface area contributed by atoms with Gasteiger partial charge in [-0.25, -0.2) is 0 Å². The van der Waals surface area contributed by atoms with E-state index in [4.69, 9.17) is 0 Å². The van der Waals surface area contributed by atoms with Crippen molar-refractivity contribution in [1.82, 2.24) is 14.8 Å². The molecule has 0 bridgehead atoms. The Kier molecular flexibility index (Phi) is 5.16. The number of hydrogen-bond acceptors (Lipinski definition) is 6. The van der Waals surface area contributed by atoms with Crippen LogP contribution in [0.2, 0.25) is 0 Å². The number of nitrogens with one attached hydrogen (secondary N) is 1. The molecule has 2 heterocycles. The Balaban J connectivity index is 1.90. The molecule has 8 heteroatoms. The summed E-state index contributed by atoms with van der Waals surface area (Å²) < 4.78 is 2.64. The predicted octanol–water partition coefficient (Wildman–Crippen LogP) is 3.55. The van der Waals surface area contributed by atoms with Crippen molar-refractivity contribution < 1.29 is 4.79 Å². The Bertz CT molecular complexity index is 926. The Morgan fingerprint density at radius 1 is 1.36 bits per heavy atom. The summed E-state index contributed by atoms with van der Waals surface area (Å²) in [4.78, 5) is 12.4. The lowest BCUT2D eigenvalue weighted by Gasteiger charge is -2.13. The Hall–Kier alpha value is -2.63. The second-order valence-corrected chi connectivity index (χ2v) is 7.31. The second kappa shape index (κ2) is 7.51. The molecule has 1 aromatic carbocycles. The van der Waals surface area contributed by atoms with Crippen molar-refractivity contribution in [3.8, 4) is 11.8 Å². The van der Waals surface area contributed by atoms with Gasteiger partial charge in [-0.1, -0.05) is 41.3 Å². The van der Waals surface area contributed by atoms with E-state index in [1.54, 1.807) is 5.51 Å². The second-order valence-electron chi connectivity index (χ2n) is 5.26. The van der Waals surface area contributed by atoms with Gasteiger partial charge in [0.05, 0.1) is 11.3 Å². The summed E-state index contributed by atoms with van der Waals surface area (Å²) in [5.74, 6) is 0.524. The number of rotatable bonds is 5. The van der Waals surface area contributed by atoms with E-state index < -0.39 is 0 Å². The lowest BCUT2D eigenvalue weighted by molar-refractivity contribution is -0.113. The molecule has 0 radical (unpaired) electrons. The highest BCUT2D eigenvalue weighted by Gasteiger charge is 2.20. The zero-order chi connectivity index (χ0) is 17.8. The highest BCUT2D eigenvalue weighted by molar-refractivity contribution is 8.01. The number of para-hydroxylation sites is 1. The predicted molar refractivity (Wildman–Crippen MR) is 99.2 cm³/mol. The van der Waals surface area contributed by atoms with Crippen LogP contribution in [-0.2, 0) is 4.79 Å². The van der Waals surface area contributed by atoms with Gasteiger partial charge in [0.25, 0.3) is 0 Å². The zero-order valence-corrected chi connectivity index (χ0v) is 15.3. The summed E-state index contributed by atoms with van der Waals surface area (Å²) in [7, 11) is 0. The lowest BCUT2D eigenvalue weighted by Crippen LogP contribution is -2.17. The normalized spacial score (nSPS) is 10.4. The van der Waals surface area contributed by atoms with Crippen LogP contribution >= 0.6 is 23.1 Å². The molecular weight excluding hydrogens is 354 g/mol. The van der Waals surface area contributed by atoms with E-state index in [1.807, 2.05) is 48.7 Å². The molecule has 6 nitrogen and oxygen atoms in total. The molecule has 25 heavy (non-hydrogen) atoms. The molecule has 3 rings (SSSR count). The molecular formula is C17H15N5OS2. The van der Waals surface area contributed by atoms with Crippen LogP contribution in [0.5, 0.6) is 0 Å². The number of nitrogens with zero attached hydrogens (tertiary/aromatic N) is 4. The minimum atomic E-state index is -0.189. The SMILES string of the molecule is Cc1c(C#N)c(NC(=O)CSc2nncs2)n(-c2ccccc2)c1C. The van der Waals surface area contributed by atoms with Gasteiger partial charge < -0.3 is 5.32 Å². The minimum absolute atomic E-state index is 0.189.